The van der Waals surface area contributed by atoms with Crippen molar-refractivity contribution in [2.45, 2.75) is 12.0 Å². The van der Waals surface area contributed by atoms with Gasteiger partial charge in [0.15, 0.2) is 0 Å². The fraction of sp³-hybridized carbons (Fsp3) is 0.294. The summed E-state index contributed by atoms with van der Waals surface area (Å²) in [6.45, 7) is 0.237. The third-order valence-electron chi connectivity index (χ3n) is 3.41. The SMILES string of the molecule is COCC(O)(Cc1ccc(OC)c(Br)c1)c1ccccc1. The molecular formula is C17H19BrO3. The topological polar surface area (TPSA) is 38.7 Å². The van der Waals surface area contributed by atoms with E-state index in [4.69, 9.17) is 9.47 Å². The van der Waals surface area contributed by atoms with Gasteiger partial charge in [0.25, 0.3) is 0 Å². The second kappa shape index (κ2) is 7.07. The van der Waals surface area contributed by atoms with E-state index in [-0.39, 0.29) is 6.61 Å². The van der Waals surface area contributed by atoms with Gasteiger partial charge in [-0.2, -0.15) is 0 Å². The van der Waals surface area contributed by atoms with Crippen LogP contribution in [0, 0.1) is 0 Å². The van der Waals surface area contributed by atoms with Crippen LogP contribution in [0.1, 0.15) is 11.1 Å². The van der Waals surface area contributed by atoms with Crippen molar-refractivity contribution in [3.63, 3.8) is 0 Å². The molecule has 2 rings (SSSR count). The van der Waals surface area contributed by atoms with Crippen LogP contribution < -0.4 is 4.74 Å². The van der Waals surface area contributed by atoms with E-state index in [0.29, 0.717) is 6.42 Å². The van der Waals surface area contributed by atoms with Crippen LogP contribution in [0.3, 0.4) is 0 Å². The predicted molar refractivity (Wildman–Crippen MR) is 86.6 cm³/mol. The summed E-state index contributed by atoms with van der Waals surface area (Å²) in [4.78, 5) is 0. The first kappa shape index (κ1) is 16.0. The Bertz CT molecular complexity index is 586. The first-order valence-electron chi connectivity index (χ1n) is 6.68. The zero-order chi connectivity index (χ0) is 15.3. The number of halogens is 1. The summed E-state index contributed by atoms with van der Waals surface area (Å²) in [5, 5.41) is 11.0. The zero-order valence-electron chi connectivity index (χ0n) is 12.2. The zero-order valence-corrected chi connectivity index (χ0v) is 13.8. The third kappa shape index (κ3) is 3.84. The third-order valence-corrected chi connectivity index (χ3v) is 4.03. The highest BCUT2D eigenvalue weighted by Gasteiger charge is 2.29. The number of benzene rings is 2. The van der Waals surface area contributed by atoms with Crippen molar-refractivity contribution < 1.29 is 14.6 Å². The molecule has 0 aliphatic heterocycles. The molecule has 0 aliphatic rings. The Morgan fingerprint density at radius 1 is 1.10 bits per heavy atom. The maximum absolute atomic E-state index is 11.0. The van der Waals surface area contributed by atoms with Gasteiger partial charge < -0.3 is 14.6 Å². The Morgan fingerprint density at radius 2 is 1.81 bits per heavy atom. The number of ether oxygens (including phenoxy) is 2. The van der Waals surface area contributed by atoms with Crippen molar-refractivity contribution in [3.05, 3.63) is 64.1 Å². The molecule has 1 N–H and O–H groups in total. The quantitative estimate of drug-likeness (QED) is 0.865. The first-order chi connectivity index (χ1) is 10.1. The molecule has 2 aromatic rings. The summed E-state index contributed by atoms with van der Waals surface area (Å²) in [5.74, 6) is 0.772. The molecule has 0 saturated carbocycles. The maximum atomic E-state index is 11.0. The van der Waals surface area contributed by atoms with Crippen LogP contribution in [0.25, 0.3) is 0 Å². The van der Waals surface area contributed by atoms with Gasteiger partial charge in [-0.25, -0.2) is 0 Å². The van der Waals surface area contributed by atoms with Crippen LogP contribution in [0.4, 0.5) is 0 Å². The lowest BCUT2D eigenvalue weighted by Gasteiger charge is -2.28. The number of hydrogen-bond donors (Lipinski definition) is 1. The Hall–Kier alpha value is -1.36. The van der Waals surface area contributed by atoms with Gasteiger partial charge in [-0.3, -0.25) is 0 Å². The molecule has 4 heteroatoms. The van der Waals surface area contributed by atoms with Gasteiger partial charge in [-0.15, -0.1) is 0 Å². The molecule has 0 amide bonds. The molecule has 0 spiro atoms. The molecule has 3 nitrogen and oxygen atoms in total. The summed E-state index contributed by atoms with van der Waals surface area (Å²) < 4.78 is 11.3. The van der Waals surface area contributed by atoms with Crippen molar-refractivity contribution in [1.82, 2.24) is 0 Å². The van der Waals surface area contributed by atoms with Crippen LogP contribution in [-0.4, -0.2) is 25.9 Å². The summed E-state index contributed by atoms with van der Waals surface area (Å²) >= 11 is 3.47. The smallest absolute Gasteiger partial charge is 0.133 e. The predicted octanol–water partition coefficient (Wildman–Crippen LogP) is 3.53. The standard InChI is InChI=1S/C17H19BrO3/c1-20-12-17(19,14-6-4-3-5-7-14)11-13-8-9-16(21-2)15(18)10-13/h3-10,19H,11-12H2,1-2H3. The summed E-state index contributed by atoms with van der Waals surface area (Å²) in [7, 11) is 3.23. The monoisotopic (exact) mass is 350 g/mol. The Balaban J connectivity index is 2.30. The van der Waals surface area contributed by atoms with Gasteiger partial charge in [-0.05, 0) is 39.2 Å². The van der Waals surface area contributed by atoms with Crippen molar-refractivity contribution in [2.24, 2.45) is 0 Å². The van der Waals surface area contributed by atoms with Gasteiger partial charge in [-0.1, -0.05) is 36.4 Å². The van der Waals surface area contributed by atoms with E-state index in [2.05, 4.69) is 15.9 Å². The molecule has 0 aromatic heterocycles. The fourth-order valence-corrected chi connectivity index (χ4v) is 2.97. The molecule has 0 aliphatic carbocycles. The van der Waals surface area contributed by atoms with Crippen LogP contribution >= 0.6 is 15.9 Å². The number of hydrogen-bond acceptors (Lipinski definition) is 3. The first-order valence-corrected chi connectivity index (χ1v) is 7.47. The highest BCUT2D eigenvalue weighted by Crippen LogP contribution is 2.30. The minimum absolute atomic E-state index is 0.237. The van der Waals surface area contributed by atoms with Gasteiger partial charge in [0.05, 0.1) is 18.2 Å². The lowest BCUT2D eigenvalue weighted by molar-refractivity contribution is -0.0355. The second-order valence-corrected chi connectivity index (χ2v) is 5.83. The molecule has 112 valence electrons. The number of rotatable bonds is 6. The Kier molecular flexibility index (Phi) is 5.39. The molecule has 1 unspecified atom stereocenters. The molecule has 0 bridgehead atoms. The van der Waals surface area contributed by atoms with Crippen molar-refractivity contribution in [1.29, 1.82) is 0 Å². The van der Waals surface area contributed by atoms with E-state index >= 15 is 0 Å². The van der Waals surface area contributed by atoms with Gasteiger partial charge in [0, 0.05) is 13.5 Å². The molecule has 0 radical (unpaired) electrons. The number of aliphatic hydroxyl groups is 1. The van der Waals surface area contributed by atoms with Crippen LogP contribution in [0.15, 0.2) is 53.0 Å². The largest absolute Gasteiger partial charge is 0.496 e. The maximum Gasteiger partial charge on any atom is 0.133 e. The minimum Gasteiger partial charge on any atom is -0.496 e. The van der Waals surface area contributed by atoms with E-state index in [1.807, 2.05) is 48.5 Å². The molecular weight excluding hydrogens is 332 g/mol. The van der Waals surface area contributed by atoms with E-state index in [0.717, 1.165) is 21.3 Å². The van der Waals surface area contributed by atoms with E-state index < -0.39 is 5.60 Å². The van der Waals surface area contributed by atoms with E-state index in [1.54, 1.807) is 14.2 Å². The van der Waals surface area contributed by atoms with Gasteiger partial charge in [0.1, 0.15) is 11.4 Å². The summed E-state index contributed by atoms with van der Waals surface area (Å²) in [5.41, 5.74) is 0.800. The minimum atomic E-state index is -1.05. The van der Waals surface area contributed by atoms with Crippen LogP contribution in [0.2, 0.25) is 0 Å². The summed E-state index contributed by atoms with van der Waals surface area (Å²) in [6.07, 6.45) is 0.466. The van der Waals surface area contributed by atoms with Crippen LogP contribution in [-0.2, 0) is 16.8 Å². The van der Waals surface area contributed by atoms with Crippen molar-refractivity contribution >= 4 is 15.9 Å². The van der Waals surface area contributed by atoms with Crippen molar-refractivity contribution in [3.8, 4) is 5.75 Å². The molecule has 2 aromatic carbocycles. The summed E-state index contributed by atoms with van der Waals surface area (Å²) in [6, 6.07) is 15.4. The van der Waals surface area contributed by atoms with Gasteiger partial charge >= 0.3 is 0 Å². The average Bonchev–Trinajstić information content (AvgIpc) is 2.48. The molecule has 0 heterocycles. The molecule has 1 atom stereocenters. The molecule has 21 heavy (non-hydrogen) atoms. The normalized spacial score (nSPS) is 13.7. The lowest BCUT2D eigenvalue weighted by atomic mass is 9.88. The fourth-order valence-electron chi connectivity index (χ4n) is 2.38. The van der Waals surface area contributed by atoms with Crippen LogP contribution in [0.5, 0.6) is 5.75 Å². The molecule has 0 saturated heterocycles. The van der Waals surface area contributed by atoms with E-state index in [9.17, 15) is 5.11 Å². The van der Waals surface area contributed by atoms with Gasteiger partial charge in [0.2, 0.25) is 0 Å². The molecule has 0 fully saturated rings. The van der Waals surface area contributed by atoms with E-state index in [1.165, 1.54) is 0 Å². The Labute approximate surface area is 133 Å². The van der Waals surface area contributed by atoms with Crippen molar-refractivity contribution in [2.75, 3.05) is 20.8 Å². The number of methoxy groups -OCH3 is 2. The lowest BCUT2D eigenvalue weighted by Crippen LogP contribution is -2.33. The Morgan fingerprint density at radius 3 is 2.38 bits per heavy atom. The second-order valence-electron chi connectivity index (χ2n) is 4.98. The highest BCUT2D eigenvalue weighted by molar-refractivity contribution is 9.10. The highest BCUT2D eigenvalue weighted by atomic mass is 79.9. The average molecular weight is 351 g/mol.